The normalized spacial score (nSPS) is 19.8. The van der Waals surface area contributed by atoms with E-state index in [9.17, 15) is 4.79 Å². The molecule has 0 bridgehead atoms. The van der Waals surface area contributed by atoms with Crippen LogP contribution >= 0.6 is 0 Å². The molecule has 23 heavy (non-hydrogen) atoms. The van der Waals surface area contributed by atoms with E-state index < -0.39 is 0 Å². The number of amides is 1. The SMILES string of the molecule is Cn1ccc2c(OC3CCN(C(=O)C4CCC4)CC3)cccc21. The van der Waals surface area contributed by atoms with Crippen LogP contribution < -0.4 is 4.74 Å². The van der Waals surface area contributed by atoms with E-state index >= 15 is 0 Å². The number of piperidine rings is 1. The van der Waals surface area contributed by atoms with Gasteiger partial charge in [0.15, 0.2) is 0 Å². The number of ether oxygens (including phenoxy) is 1. The third-order valence-corrected chi connectivity index (χ3v) is 5.39. The predicted octanol–water partition coefficient (Wildman–Crippen LogP) is 3.35. The number of rotatable bonds is 3. The Balaban J connectivity index is 1.39. The van der Waals surface area contributed by atoms with Crippen LogP contribution in [0.2, 0.25) is 0 Å². The fraction of sp³-hybridized carbons (Fsp3) is 0.526. The van der Waals surface area contributed by atoms with Gasteiger partial charge in [-0.3, -0.25) is 4.79 Å². The molecule has 0 radical (unpaired) electrons. The van der Waals surface area contributed by atoms with Gasteiger partial charge in [0.05, 0.1) is 5.52 Å². The van der Waals surface area contributed by atoms with Crippen molar-refractivity contribution in [2.24, 2.45) is 13.0 Å². The first-order valence-electron chi connectivity index (χ1n) is 8.72. The molecule has 1 saturated carbocycles. The van der Waals surface area contributed by atoms with E-state index in [2.05, 4.69) is 29.9 Å². The predicted molar refractivity (Wildman–Crippen MR) is 90.5 cm³/mol. The highest BCUT2D eigenvalue weighted by molar-refractivity contribution is 5.86. The lowest BCUT2D eigenvalue weighted by Crippen LogP contribution is -2.45. The summed E-state index contributed by atoms with van der Waals surface area (Å²) in [5.41, 5.74) is 1.19. The molecule has 0 spiro atoms. The molecule has 4 heteroatoms. The fourth-order valence-electron chi connectivity index (χ4n) is 3.66. The minimum absolute atomic E-state index is 0.214. The Morgan fingerprint density at radius 2 is 1.91 bits per heavy atom. The Bertz CT molecular complexity index is 709. The summed E-state index contributed by atoms with van der Waals surface area (Å²) in [5, 5.41) is 1.17. The van der Waals surface area contributed by atoms with Gasteiger partial charge in [0.1, 0.15) is 11.9 Å². The molecule has 1 aromatic carbocycles. The summed E-state index contributed by atoms with van der Waals surface area (Å²) < 4.78 is 8.37. The number of benzene rings is 1. The summed E-state index contributed by atoms with van der Waals surface area (Å²) in [6.07, 6.45) is 7.54. The first-order chi connectivity index (χ1) is 11.2. The minimum atomic E-state index is 0.214. The van der Waals surface area contributed by atoms with Gasteiger partial charge >= 0.3 is 0 Å². The number of hydrogen-bond acceptors (Lipinski definition) is 2. The smallest absolute Gasteiger partial charge is 0.225 e. The summed E-state index contributed by atoms with van der Waals surface area (Å²) in [5.74, 6) is 1.65. The highest BCUT2D eigenvalue weighted by atomic mass is 16.5. The highest BCUT2D eigenvalue weighted by Gasteiger charge is 2.32. The third-order valence-electron chi connectivity index (χ3n) is 5.39. The van der Waals surface area contributed by atoms with Gasteiger partial charge in [0.25, 0.3) is 0 Å². The summed E-state index contributed by atoms with van der Waals surface area (Å²) in [6.45, 7) is 1.68. The third kappa shape index (κ3) is 2.71. The van der Waals surface area contributed by atoms with E-state index in [1.165, 1.54) is 17.3 Å². The van der Waals surface area contributed by atoms with E-state index in [4.69, 9.17) is 4.74 Å². The zero-order valence-corrected chi connectivity index (χ0v) is 13.7. The minimum Gasteiger partial charge on any atom is -0.490 e. The molecule has 4 nitrogen and oxygen atoms in total. The zero-order valence-electron chi connectivity index (χ0n) is 13.7. The Labute approximate surface area is 137 Å². The van der Waals surface area contributed by atoms with E-state index in [1.807, 2.05) is 17.0 Å². The summed E-state index contributed by atoms with van der Waals surface area (Å²) in [4.78, 5) is 14.4. The van der Waals surface area contributed by atoms with Crippen molar-refractivity contribution in [3.63, 3.8) is 0 Å². The Morgan fingerprint density at radius 3 is 2.61 bits per heavy atom. The molecule has 0 atom stereocenters. The first kappa shape index (κ1) is 14.6. The fourth-order valence-corrected chi connectivity index (χ4v) is 3.66. The van der Waals surface area contributed by atoms with Gasteiger partial charge in [-0.05, 0) is 31.0 Å². The van der Waals surface area contributed by atoms with Crippen molar-refractivity contribution in [3.05, 3.63) is 30.5 Å². The number of hydrogen-bond donors (Lipinski definition) is 0. The molecule has 4 rings (SSSR count). The topological polar surface area (TPSA) is 34.5 Å². The molecule has 1 aliphatic heterocycles. The number of carbonyl (C=O) groups excluding carboxylic acids is 1. The molecule has 0 unspecified atom stereocenters. The van der Waals surface area contributed by atoms with Crippen LogP contribution in [0.4, 0.5) is 0 Å². The van der Waals surface area contributed by atoms with Gasteiger partial charge < -0.3 is 14.2 Å². The number of fused-ring (bicyclic) bond motifs is 1. The van der Waals surface area contributed by atoms with Gasteiger partial charge in [-0.1, -0.05) is 12.5 Å². The standard InChI is InChI=1S/C19H24N2O2/c1-20-11-10-16-17(20)6-3-7-18(16)23-15-8-12-21(13-9-15)19(22)14-4-2-5-14/h3,6-7,10-11,14-15H,2,4-5,8-9,12-13H2,1H3. The van der Waals surface area contributed by atoms with Crippen LogP contribution in [-0.4, -0.2) is 34.6 Å². The van der Waals surface area contributed by atoms with Gasteiger partial charge in [-0.25, -0.2) is 0 Å². The summed E-state index contributed by atoms with van der Waals surface area (Å²) in [7, 11) is 2.05. The maximum Gasteiger partial charge on any atom is 0.225 e. The van der Waals surface area contributed by atoms with Crippen molar-refractivity contribution in [1.82, 2.24) is 9.47 Å². The number of nitrogens with zero attached hydrogens (tertiary/aromatic N) is 2. The molecule has 2 fully saturated rings. The average Bonchev–Trinajstić information content (AvgIpc) is 2.89. The second-order valence-corrected chi connectivity index (χ2v) is 6.89. The number of aryl methyl sites for hydroxylation is 1. The number of carbonyl (C=O) groups is 1. The van der Waals surface area contributed by atoms with Crippen molar-refractivity contribution in [2.75, 3.05) is 13.1 Å². The maximum atomic E-state index is 12.3. The van der Waals surface area contributed by atoms with Crippen molar-refractivity contribution < 1.29 is 9.53 Å². The van der Waals surface area contributed by atoms with E-state index in [-0.39, 0.29) is 6.10 Å². The van der Waals surface area contributed by atoms with E-state index in [1.54, 1.807) is 0 Å². The molecular weight excluding hydrogens is 288 g/mol. The van der Waals surface area contributed by atoms with Crippen LogP contribution in [0.5, 0.6) is 5.75 Å². The molecule has 1 amide bonds. The second kappa shape index (κ2) is 5.91. The lowest BCUT2D eigenvalue weighted by Gasteiger charge is -2.36. The van der Waals surface area contributed by atoms with Crippen LogP contribution in [0.15, 0.2) is 30.5 Å². The molecule has 1 saturated heterocycles. The summed E-state index contributed by atoms with van der Waals surface area (Å²) in [6, 6.07) is 8.32. The lowest BCUT2D eigenvalue weighted by molar-refractivity contribution is -0.140. The molecule has 2 aromatic rings. The van der Waals surface area contributed by atoms with E-state index in [0.717, 1.165) is 44.5 Å². The molecule has 1 aliphatic carbocycles. The van der Waals surface area contributed by atoms with Gasteiger partial charge in [0, 0.05) is 50.5 Å². The lowest BCUT2D eigenvalue weighted by atomic mass is 9.84. The van der Waals surface area contributed by atoms with Crippen LogP contribution in [-0.2, 0) is 11.8 Å². The molecule has 0 N–H and O–H groups in total. The van der Waals surface area contributed by atoms with Crippen molar-refractivity contribution in [3.8, 4) is 5.75 Å². The number of likely N-dealkylation sites (tertiary alicyclic amines) is 1. The van der Waals surface area contributed by atoms with Crippen LogP contribution in [0.3, 0.4) is 0 Å². The largest absolute Gasteiger partial charge is 0.490 e. The van der Waals surface area contributed by atoms with Crippen LogP contribution in [0, 0.1) is 5.92 Å². The molecular formula is C19H24N2O2. The average molecular weight is 312 g/mol. The van der Waals surface area contributed by atoms with Crippen molar-refractivity contribution in [2.45, 2.75) is 38.2 Å². The second-order valence-electron chi connectivity index (χ2n) is 6.89. The molecule has 2 heterocycles. The molecule has 2 aliphatic rings. The van der Waals surface area contributed by atoms with Crippen LogP contribution in [0.25, 0.3) is 10.9 Å². The molecule has 1 aromatic heterocycles. The van der Waals surface area contributed by atoms with Gasteiger partial charge in [-0.2, -0.15) is 0 Å². The molecule has 122 valence electrons. The number of aromatic nitrogens is 1. The first-order valence-corrected chi connectivity index (χ1v) is 8.72. The Hall–Kier alpha value is -1.97. The van der Waals surface area contributed by atoms with Crippen LogP contribution in [0.1, 0.15) is 32.1 Å². The quantitative estimate of drug-likeness (QED) is 0.871. The zero-order chi connectivity index (χ0) is 15.8. The van der Waals surface area contributed by atoms with Crippen molar-refractivity contribution >= 4 is 16.8 Å². The maximum absolute atomic E-state index is 12.3. The monoisotopic (exact) mass is 312 g/mol. The Kier molecular flexibility index (Phi) is 3.76. The van der Waals surface area contributed by atoms with Gasteiger partial charge in [0.2, 0.25) is 5.91 Å². The van der Waals surface area contributed by atoms with Gasteiger partial charge in [-0.15, -0.1) is 0 Å². The van der Waals surface area contributed by atoms with E-state index in [0.29, 0.717) is 11.8 Å². The van der Waals surface area contributed by atoms with Crippen molar-refractivity contribution in [1.29, 1.82) is 0 Å². The summed E-state index contributed by atoms with van der Waals surface area (Å²) >= 11 is 0. The Morgan fingerprint density at radius 1 is 1.13 bits per heavy atom. The highest BCUT2D eigenvalue weighted by Crippen LogP contribution is 2.31.